The molecule has 0 aromatic carbocycles. The predicted molar refractivity (Wildman–Crippen MR) is 80.7 cm³/mol. The van der Waals surface area contributed by atoms with Crippen LogP contribution in [0.2, 0.25) is 0 Å². The molecule has 0 amide bonds. The van der Waals surface area contributed by atoms with Crippen LogP contribution in [0.1, 0.15) is 39.2 Å². The molecule has 2 bridgehead atoms. The van der Waals surface area contributed by atoms with Crippen molar-refractivity contribution in [1.82, 2.24) is 9.88 Å². The number of allylic oxidation sites excluding steroid dienone is 2. The first-order valence-corrected chi connectivity index (χ1v) is 7.58. The molecule has 0 radical (unpaired) electrons. The summed E-state index contributed by atoms with van der Waals surface area (Å²) < 4.78 is 5.90. The number of fused-ring (bicyclic) bond motifs is 2. The fraction of sp³-hybridized carbons (Fsp3) is 0.588. The summed E-state index contributed by atoms with van der Waals surface area (Å²) in [6.45, 7) is 8.64. The molecule has 0 unspecified atom stereocenters. The largest absolute Gasteiger partial charge is 0.487 e. The maximum Gasteiger partial charge on any atom is 0.138 e. The summed E-state index contributed by atoms with van der Waals surface area (Å²) in [7, 11) is 0. The van der Waals surface area contributed by atoms with E-state index in [2.05, 4.69) is 42.8 Å². The summed E-state index contributed by atoms with van der Waals surface area (Å²) >= 11 is 0. The zero-order valence-corrected chi connectivity index (χ0v) is 12.7. The SMILES string of the molecule is CC(C)(C)Oc1cncc(CC2=CC3CCN2CC3)c1. The number of piperidine rings is 1. The van der Waals surface area contributed by atoms with Crippen molar-refractivity contribution in [1.29, 1.82) is 0 Å². The average Bonchev–Trinajstić information content (AvgIpc) is 2.38. The van der Waals surface area contributed by atoms with Gasteiger partial charge in [-0.3, -0.25) is 4.98 Å². The number of aromatic nitrogens is 1. The zero-order valence-electron chi connectivity index (χ0n) is 12.7. The molecule has 108 valence electrons. The van der Waals surface area contributed by atoms with Gasteiger partial charge in [-0.05, 0) is 51.2 Å². The van der Waals surface area contributed by atoms with E-state index in [0.717, 1.165) is 18.1 Å². The maximum atomic E-state index is 5.90. The summed E-state index contributed by atoms with van der Waals surface area (Å²) in [5, 5.41) is 0. The molecule has 0 N–H and O–H groups in total. The Balaban J connectivity index is 1.73. The molecule has 1 aromatic rings. The van der Waals surface area contributed by atoms with Crippen LogP contribution in [0, 0.1) is 5.92 Å². The van der Waals surface area contributed by atoms with Gasteiger partial charge in [0.25, 0.3) is 0 Å². The molecule has 4 heterocycles. The summed E-state index contributed by atoms with van der Waals surface area (Å²) in [5.74, 6) is 1.67. The van der Waals surface area contributed by atoms with Crippen LogP contribution in [0.15, 0.2) is 30.2 Å². The van der Waals surface area contributed by atoms with E-state index in [0.29, 0.717) is 0 Å². The second-order valence-electron chi connectivity index (χ2n) is 6.90. The Kier molecular flexibility index (Phi) is 3.45. The van der Waals surface area contributed by atoms with Crippen LogP contribution in [0.3, 0.4) is 0 Å². The molecule has 4 rings (SSSR count). The Bertz CT molecular complexity index is 508. The second kappa shape index (κ2) is 5.12. The van der Waals surface area contributed by atoms with Crippen molar-refractivity contribution in [3.8, 4) is 5.75 Å². The van der Waals surface area contributed by atoms with Gasteiger partial charge < -0.3 is 9.64 Å². The lowest BCUT2D eigenvalue weighted by molar-refractivity contribution is 0.130. The molecule has 1 saturated heterocycles. The van der Waals surface area contributed by atoms with Gasteiger partial charge in [0.1, 0.15) is 11.4 Å². The summed E-state index contributed by atoms with van der Waals surface area (Å²) in [5.41, 5.74) is 2.54. The van der Waals surface area contributed by atoms with Crippen molar-refractivity contribution in [2.75, 3.05) is 13.1 Å². The summed E-state index contributed by atoms with van der Waals surface area (Å²) in [6, 6.07) is 2.13. The quantitative estimate of drug-likeness (QED) is 0.843. The van der Waals surface area contributed by atoms with Crippen molar-refractivity contribution in [3.05, 3.63) is 35.8 Å². The molecule has 3 nitrogen and oxygen atoms in total. The Morgan fingerprint density at radius 3 is 2.60 bits per heavy atom. The van der Waals surface area contributed by atoms with Gasteiger partial charge in [-0.1, -0.05) is 6.08 Å². The Morgan fingerprint density at radius 1 is 1.25 bits per heavy atom. The van der Waals surface area contributed by atoms with E-state index in [1.54, 1.807) is 6.20 Å². The van der Waals surface area contributed by atoms with Gasteiger partial charge in [0.15, 0.2) is 0 Å². The molecule has 1 fully saturated rings. The lowest BCUT2D eigenvalue weighted by Gasteiger charge is -2.40. The molecule has 0 saturated carbocycles. The standard InChI is InChI=1S/C17H24N2O/c1-17(2,3)20-16-10-14(11-18-12-16)9-15-8-13-4-6-19(15)7-5-13/h8,10-13H,4-7,9H2,1-3H3. The second-order valence-corrected chi connectivity index (χ2v) is 6.90. The van der Waals surface area contributed by atoms with E-state index >= 15 is 0 Å². The van der Waals surface area contributed by atoms with Crippen molar-refractivity contribution < 1.29 is 4.74 Å². The smallest absolute Gasteiger partial charge is 0.138 e. The minimum atomic E-state index is -0.174. The number of rotatable bonds is 3. The molecule has 3 aliphatic rings. The lowest BCUT2D eigenvalue weighted by Crippen LogP contribution is -2.38. The fourth-order valence-corrected chi connectivity index (χ4v) is 3.08. The highest BCUT2D eigenvalue weighted by Gasteiger charge is 2.25. The predicted octanol–water partition coefficient (Wildman–Crippen LogP) is 3.41. The highest BCUT2D eigenvalue weighted by Crippen LogP contribution is 2.31. The van der Waals surface area contributed by atoms with Crippen molar-refractivity contribution >= 4 is 0 Å². The fourth-order valence-electron chi connectivity index (χ4n) is 3.08. The van der Waals surface area contributed by atoms with Gasteiger partial charge >= 0.3 is 0 Å². The summed E-state index contributed by atoms with van der Waals surface area (Å²) in [4.78, 5) is 6.85. The van der Waals surface area contributed by atoms with Crippen LogP contribution in [0.25, 0.3) is 0 Å². The van der Waals surface area contributed by atoms with Crippen LogP contribution in [-0.4, -0.2) is 28.6 Å². The monoisotopic (exact) mass is 272 g/mol. The van der Waals surface area contributed by atoms with Crippen LogP contribution in [0.5, 0.6) is 5.75 Å². The van der Waals surface area contributed by atoms with E-state index < -0.39 is 0 Å². The number of pyridine rings is 1. The van der Waals surface area contributed by atoms with Gasteiger partial charge in [0, 0.05) is 31.4 Å². The average molecular weight is 272 g/mol. The van der Waals surface area contributed by atoms with E-state index in [1.807, 2.05) is 6.20 Å². The molecule has 20 heavy (non-hydrogen) atoms. The number of hydrogen-bond acceptors (Lipinski definition) is 3. The topological polar surface area (TPSA) is 25.4 Å². The van der Waals surface area contributed by atoms with Gasteiger partial charge in [-0.25, -0.2) is 0 Å². The Hall–Kier alpha value is -1.51. The molecule has 0 atom stereocenters. The normalized spacial score (nSPS) is 19.1. The third kappa shape index (κ3) is 3.14. The van der Waals surface area contributed by atoms with Crippen LogP contribution < -0.4 is 4.74 Å². The first kappa shape index (κ1) is 13.5. The Labute approximate surface area is 121 Å². The van der Waals surface area contributed by atoms with Gasteiger partial charge in [-0.2, -0.15) is 0 Å². The lowest BCUT2D eigenvalue weighted by atomic mass is 9.89. The van der Waals surface area contributed by atoms with Gasteiger partial charge in [0.05, 0.1) is 6.20 Å². The van der Waals surface area contributed by atoms with E-state index in [4.69, 9.17) is 4.74 Å². The number of hydrogen-bond donors (Lipinski definition) is 0. The minimum Gasteiger partial charge on any atom is -0.487 e. The third-order valence-electron chi connectivity index (χ3n) is 3.95. The highest BCUT2D eigenvalue weighted by atomic mass is 16.5. The maximum absolute atomic E-state index is 5.90. The van der Waals surface area contributed by atoms with Crippen molar-refractivity contribution in [2.45, 2.75) is 45.6 Å². The molecule has 0 aliphatic carbocycles. The van der Waals surface area contributed by atoms with Crippen LogP contribution >= 0.6 is 0 Å². The van der Waals surface area contributed by atoms with Crippen LogP contribution in [0.4, 0.5) is 0 Å². The molecule has 1 aromatic heterocycles. The molecular formula is C17H24N2O. The van der Waals surface area contributed by atoms with Gasteiger partial charge in [0.2, 0.25) is 0 Å². The number of ether oxygens (including phenoxy) is 1. The van der Waals surface area contributed by atoms with Gasteiger partial charge in [-0.15, -0.1) is 0 Å². The Morgan fingerprint density at radius 2 is 2.00 bits per heavy atom. The van der Waals surface area contributed by atoms with Crippen molar-refractivity contribution in [2.24, 2.45) is 5.92 Å². The zero-order chi connectivity index (χ0) is 14.2. The molecule has 0 spiro atoms. The molecular weight excluding hydrogens is 248 g/mol. The van der Waals surface area contributed by atoms with E-state index in [1.165, 1.54) is 37.2 Å². The first-order valence-electron chi connectivity index (χ1n) is 7.58. The molecule has 3 aliphatic heterocycles. The third-order valence-corrected chi connectivity index (χ3v) is 3.95. The minimum absolute atomic E-state index is 0.174. The van der Waals surface area contributed by atoms with E-state index in [-0.39, 0.29) is 5.60 Å². The van der Waals surface area contributed by atoms with Crippen molar-refractivity contribution in [3.63, 3.8) is 0 Å². The van der Waals surface area contributed by atoms with Crippen LogP contribution in [-0.2, 0) is 6.42 Å². The summed E-state index contributed by atoms with van der Waals surface area (Å²) in [6.07, 6.45) is 9.86. The first-order chi connectivity index (χ1) is 9.49. The van der Waals surface area contributed by atoms with E-state index in [9.17, 15) is 0 Å². The molecule has 3 heteroatoms. The number of nitrogens with zero attached hydrogens (tertiary/aromatic N) is 2. The highest BCUT2D eigenvalue weighted by molar-refractivity contribution is 5.28.